The minimum absolute atomic E-state index is 0.141. The van der Waals surface area contributed by atoms with E-state index in [1.807, 2.05) is 44.2 Å². The van der Waals surface area contributed by atoms with Gasteiger partial charge in [-0.25, -0.2) is 0 Å². The maximum absolute atomic E-state index is 12.5. The summed E-state index contributed by atoms with van der Waals surface area (Å²) in [5.41, 5.74) is 0.942. The van der Waals surface area contributed by atoms with Gasteiger partial charge in [-0.1, -0.05) is 30.3 Å². The van der Waals surface area contributed by atoms with Gasteiger partial charge in [-0.15, -0.1) is 0 Å². The quantitative estimate of drug-likeness (QED) is 0.809. The fraction of sp³-hybridized carbons (Fsp3) is 0.500. The molecule has 6 heteroatoms. The summed E-state index contributed by atoms with van der Waals surface area (Å²) >= 11 is 0. The maximum atomic E-state index is 12.5. The lowest BCUT2D eigenvalue weighted by molar-refractivity contribution is -0.150. The first-order chi connectivity index (χ1) is 11.5. The number of amides is 3. The standard InChI is InChI=1S/C18H25N3O3/c1-13(2)21(12-14-6-4-3-5-7-14)18(24)17(23)20-16(22)15-8-10-19-11-9-15/h3-7,13,15,19H,8-12H2,1-2H3,(H,20,22,23). The van der Waals surface area contributed by atoms with Crippen LogP contribution in [-0.4, -0.2) is 41.8 Å². The average molecular weight is 331 g/mol. The van der Waals surface area contributed by atoms with Crippen molar-refractivity contribution in [3.63, 3.8) is 0 Å². The Bertz CT molecular complexity index is 580. The minimum Gasteiger partial charge on any atom is -0.328 e. The van der Waals surface area contributed by atoms with E-state index in [0.717, 1.165) is 18.7 Å². The zero-order valence-electron chi connectivity index (χ0n) is 14.2. The lowest BCUT2D eigenvalue weighted by Crippen LogP contribution is -2.49. The SMILES string of the molecule is CC(C)N(Cc1ccccc1)C(=O)C(=O)NC(=O)C1CCNCC1. The Morgan fingerprint density at radius 3 is 2.38 bits per heavy atom. The lowest BCUT2D eigenvalue weighted by atomic mass is 9.97. The molecule has 0 unspecified atom stereocenters. The van der Waals surface area contributed by atoms with Crippen molar-refractivity contribution in [2.24, 2.45) is 5.92 Å². The zero-order chi connectivity index (χ0) is 17.5. The third kappa shape index (κ3) is 4.89. The molecule has 1 aliphatic rings. The van der Waals surface area contributed by atoms with E-state index in [9.17, 15) is 14.4 Å². The van der Waals surface area contributed by atoms with Gasteiger partial charge in [0, 0.05) is 18.5 Å². The normalized spacial score (nSPS) is 15.1. The van der Waals surface area contributed by atoms with Crippen molar-refractivity contribution in [3.05, 3.63) is 35.9 Å². The molecule has 0 aliphatic carbocycles. The van der Waals surface area contributed by atoms with Gasteiger partial charge in [-0.2, -0.15) is 0 Å². The van der Waals surface area contributed by atoms with Crippen LogP contribution in [0.3, 0.4) is 0 Å². The van der Waals surface area contributed by atoms with Crippen molar-refractivity contribution < 1.29 is 14.4 Å². The van der Waals surface area contributed by atoms with Crippen LogP contribution in [0.1, 0.15) is 32.3 Å². The van der Waals surface area contributed by atoms with Gasteiger partial charge in [0.1, 0.15) is 0 Å². The van der Waals surface area contributed by atoms with Crippen LogP contribution < -0.4 is 10.6 Å². The molecule has 6 nitrogen and oxygen atoms in total. The van der Waals surface area contributed by atoms with E-state index in [2.05, 4.69) is 10.6 Å². The van der Waals surface area contributed by atoms with Gasteiger partial charge in [0.2, 0.25) is 5.91 Å². The molecule has 1 fully saturated rings. The minimum atomic E-state index is -0.844. The topological polar surface area (TPSA) is 78.5 Å². The fourth-order valence-electron chi connectivity index (χ4n) is 2.75. The van der Waals surface area contributed by atoms with Crippen LogP contribution >= 0.6 is 0 Å². The number of hydrogen-bond donors (Lipinski definition) is 2. The molecular formula is C18H25N3O3. The van der Waals surface area contributed by atoms with E-state index in [0.29, 0.717) is 19.4 Å². The number of nitrogens with zero attached hydrogens (tertiary/aromatic N) is 1. The fourth-order valence-corrected chi connectivity index (χ4v) is 2.75. The summed E-state index contributed by atoms with van der Waals surface area (Å²) in [5.74, 6) is -2.07. The van der Waals surface area contributed by atoms with E-state index < -0.39 is 11.8 Å². The number of nitrogens with one attached hydrogen (secondary N) is 2. The highest BCUT2D eigenvalue weighted by Gasteiger charge is 2.28. The number of rotatable bonds is 4. The summed E-state index contributed by atoms with van der Waals surface area (Å²) in [5, 5.41) is 5.44. The van der Waals surface area contributed by atoms with Gasteiger partial charge in [0.25, 0.3) is 0 Å². The van der Waals surface area contributed by atoms with E-state index in [1.54, 1.807) is 0 Å². The summed E-state index contributed by atoms with van der Waals surface area (Å²) in [4.78, 5) is 38.3. The highest BCUT2D eigenvalue weighted by molar-refractivity contribution is 6.37. The Labute approximate surface area is 142 Å². The van der Waals surface area contributed by atoms with Crippen molar-refractivity contribution in [2.45, 2.75) is 39.3 Å². The molecule has 0 saturated carbocycles. The molecule has 1 saturated heterocycles. The molecule has 1 aromatic carbocycles. The van der Waals surface area contributed by atoms with Crippen LogP contribution in [0.15, 0.2) is 30.3 Å². The van der Waals surface area contributed by atoms with Crippen molar-refractivity contribution in [1.29, 1.82) is 0 Å². The predicted molar refractivity (Wildman–Crippen MR) is 90.9 cm³/mol. The van der Waals surface area contributed by atoms with E-state index in [4.69, 9.17) is 0 Å². The summed E-state index contributed by atoms with van der Waals surface area (Å²) in [6, 6.07) is 9.34. The second kappa shape index (κ2) is 8.59. The van der Waals surface area contributed by atoms with Crippen LogP contribution in [-0.2, 0) is 20.9 Å². The third-order valence-corrected chi connectivity index (χ3v) is 4.22. The highest BCUT2D eigenvalue weighted by Crippen LogP contribution is 2.12. The second-order valence-electron chi connectivity index (χ2n) is 6.36. The van der Waals surface area contributed by atoms with E-state index in [1.165, 1.54) is 4.90 Å². The maximum Gasteiger partial charge on any atom is 0.316 e. The molecular weight excluding hydrogens is 306 g/mol. The lowest BCUT2D eigenvalue weighted by Gasteiger charge is -2.27. The van der Waals surface area contributed by atoms with Gasteiger partial charge in [0.05, 0.1) is 0 Å². The number of carbonyl (C=O) groups is 3. The van der Waals surface area contributed by atoms with Crippen molar-refractivity contribution in [3.8, 4) is 0 Å². The van der Waals surface area contributed by atoms with E-state index >= 15 is 0 Å². The number of imide groups is 1. The summed E-state index contributed by atoms with van der Waals surface area (Å²) in [6.45, 7) is 5.55. The van der Waals surface area contributed by atoms with Gasteiger partial charge in [-0.3, -0.25) is 19.7 Å². The number of carbonyl (C=O) groups excluding carboxylic acids is 3. The van der Waals surface area contributed by atoms with Crippen LogP contribution in [0.25, 0.3) is 0 Å². The Kier molecular flexibility index (Phi) is 6.49. The molecule has 1 heterocycles. The second-order valence-corrected chi connectivity index (χ2v) is 6.36. The van der Waals surface area contributed by atoms with Crippen molar-refractivity contribution in [1.82, 2.24) is 15.5 Å². The zero-order valence-corrected chi connectivity index (χ0v) is 14.2. The van der Waals surface area contributed by atoms with Crippen molar-refractivity contribution in [2.75, 3.05) is 13.1 Å². The predicted octanol–water partition coefficient (Wildman–Crippen LogP) is 1.07. The molecule has 0 radical (unpaired) electrons. The number of hydrogen-bond acceptors (Lipinski definition) is 4. The smallest absolute Gasteiger partial charge is 0.316 e. The van der Waals surface area contributed by atoms with Crippen LogP contribution in [0, 0.1) is 5.92 Å². The Morgan fingerprint density at radius 1 is 1.17 bits per heavy atom. The molecule has 2 rings (SSSR count). The van der Waals surface area contributed by atoms with Crippen LogP contribution in [0.5, 0.6) is 0 Å². The van der Waals surface area contributed by atoms with Gasteiger partial charge in [0.15, 0.2) is 0 Å². The van der Waals surface area contributed by atoms with Crippen LogP contribution in [0.4, 0.5) is 0 Å². The molecule has 1 aromatic rings. The molecule has 0 atom stereocenters. The third-order valence-electron chi connectivity index (χ3n) is 4.22. The average Bonchev–Trinajstić information content (AvgIpc) is 2.60. The van der Waals surface area contributed by atoms with Crippen LogP contribution in [0.2, 0.25) is 0 Å². The monoisotopic (exact) mass is 331 g/mol. The molecule has 24 heavy (non-hydrogen) atoms. The highest BCUT2D eigenvalue weighted by atomic mass is 16.2. The largest absolute Gasteiger partial charge is 0.328 e. The van der Waals surface area contributed by atoms with Gasteiger partial charge >= 0.3 is 11.8 Å². The Balaban J connectivity index is 1.97. The van der Waals surface area contributed by atoms with Gasteiger partial charge < -0.3 is 10.2 Å². The number of benzene rings is 1. The summed E-state index contributed by atoms with van der Waals surface area (Å²) < 4.78 is 0. The molecule has 2 N–H and O–H groups in total. The van der Waals surface area contributed by atoms with Gasteiger partial charge in [-0.05, 0) is 45.3 Å². The molecule has 3 amide bonds. The number of piperidine rings is 1. The first-order valence-electron chi connectivity index (χ1n) is 8.39. The molecule has 1 aliphatic heterocycles. The molecule has 130 valence electrons. The molecule has 0 bridgehead atoms. The molecule has 0 spiro atoms. The van der Waals surface area contributed by atoms with Crippen molar-refractivity contribution >= 4 is 17.7 Å². The first kappa shape index (κ1) is 18.1. The summed E-state index contributed by atoms with van der Waals surface area (Å²) in [6.07, 6.45) is 1.37. The van der Waals surface area contributed by atoms with E-state index in [-0.39, 0.29) is 17.9 Å². The summed E-state index contributed by atoms with van der Waals surface area (Å²) in [7, 11) is 0. The Hall–Kier alpha value is -2.21. The first-order valence-corrected chi connectivity index (χ1v) is 8.39. The Morgan fingerprint density at radius 2 is 1.79 bits per heavy atom. The molecule has 0 aromatic heterocycles.